The van der Waals surface area contributed by atoms with Crippen LogP contribution < -0.4 is 0 Å². The van der Waals surface area contributed by atoms with Crippen LogP contribution in [0.4, 0.5) is 0 Å². The number of ether oxygens (including phenoxy) is 1. The molecule has 2 heteroatoms. The second-order valence-electron chi connectivity index (χ2n) is 7.82. The topological polar surface area (TPSA) is 26.3 Å². The van der Waals surface area contributed by atoms with Crippen LogP contribution in [-0.4, -0.2) is 11.6 Å². The monoisotopic (exact) mass is 262 g/mol. The molecule has 0 saturated heterocycles. The third-order valence-electron chi connectivity index (χ3n) is 6.86. The van der Waals surface area contributed by atoms with Crippen molar-refractivity contribution in [3.05, 3.63) is 0 Å². The summed E-state index contributed by atoms with van der Waals surface area (Å²) < 4.78 is 6.19. The van der Waals surface area contributed by atoms with Gasteiger partial charge in [-0.25, -0.2) is 0 Å². The zero-order valence-electron chi connectivity index (χ0n) is 12.0. The number of carbonyl (C=O) groups excluding carboxylic acids is 1. The van der Waals surface area contributed by atoms with Crippen LogP contribution in [0, 0.1) is 17.3 Å². The summed E-state index contributed by atoms with van der Waals surface area (Å²) in [6, 6.07) is 0. The summed E-state index contributed by atoms with van der Waals surface area (Å²) in [6.45, 7) is 0. The summed E-state index contributed by atoms with van der Waals surface area (Å²) in [7, 11) is 0. The number of hydrogen-bond acceptors (Lipinski definition) is 2. The van der Waals surface area contributed by atoms with Crippen molar-refractivity contribution in [2.45, 2.75) is 82.7 Å². The van der Waals surface area contributed by atoms with Gasteiger partial charge in [-0.1, -0.05) is 0 Å². The van der Waals surface area contributed by atoms with Gasteiger partial charge < -0.3 is 4.74 Å². The maximum atomic E-state index is 12.8. The molecule has 19 heavy (non-hydrogen) atoms. The van der Waals surface area contributed by atoms with E-state index in [4.69, 9.17) is 4.74 Å². The number of fused-ring (bicyclic) bond motifs is 6. The van der Waals surface area contributed by atoms with Crippen LogP contribution in [0.3, 0.4) is 0 Å². The van der Waals surface area contributed by atoms with Crippen molar-refractivity contribution in [3.8, 4) is 0 Å². The molecule has 6 fully saturated rings. The Morgan fingerprint density at radius 1 is 0.737 bits per heavy atom. The van der Waals surface area contributed by atoms with Gasteiger partial charge in [-0.3, -0.25) is 4.79 Å². The highest BCUT2D eigenvalue weighted by atomic mass is 16.6. The molecule has 6 aliphatic carbocycles. The number of esters is 1. The Bertz CT molecular complexity index is 343. The van der Waals surface area contributed by atoms with E-state index in [0.717, 1.165) is 50.4 Å². The second-order valence-corrected chi connectivity index (χ2v) is 7.82. The van der Waals surface area contributed by atoms with Crippen molar-refractivity contribution in [2.75, 3.05) is 0 Å². The normalized spacial score (nSPS) is 48.2. The first kappa shape index (κ1) is 12.2. The molecule has 0 aliphatic heterocycles. The Morgan fingerprint density at radius 3 is 1.63 bits per heavy atom. The van der Waals surface area contributed by atoms with Gasteiger partial charge in [-0.2, -0.15) is 0 Å². The van der Waals surface area contributed by atoms with Crippen LogP contribution in [0.2, 0.25) is 0 Å². The van der Waals surface area contributed by atoms with Crippen molar-refractivity contribution < 1.29 is 9.53 Å². The van der Waals surface area contributed by atoms with Crippen molar-refractivity contribution in [1.82, 2.24) is 0 Å². The molecule has 0 aromatic carbocycles. The van der Waals surface area contributed by atoms with Gasteiger partial charge in [0.2, 0.25) is 0 Å². The SMILES string of the molecule is O=C(OC12CCC(CC1)CC2)C12CCC(CC1)CC2. The third-order valence-corrected chi connectivity index (χ3v) is 6.86. The lowest BCUT2D eigenvalue weighted by Crippen LogP contribution is -2.49. The Kier molecular flexibility index (Phi) is 2.72. The van der Waals surface area contributed by atoms with Crippen LogP contribution in [0.5, 0.6) is 0 Å². The van der Waals surface area contributed by atoms with Crippen molar-refractivity contribution in [2.24, 2.45) is 17.3 Å². The summed E-state index contributed by atoms with van der Waals surface area (Å²) in [4.78, 5) is 12.8. The van der Waals surface area contributed by atoms with Gasteiger partial charge in [0.15, 0.2) is 0 Å². The minimum atomic E-state index is -0.0716. The molecule has 0 spiro atoms. The first-order valence-corrected chi connectivity index (χ1v) is 8.43. The zero-order valence-corrected chi connectivity index (χ0v) is 12.0. The van der Waals surface area contributed by atoms with Crippen LogP contribution in [0.1, 0.15) is 77.0 Å². The Balaban J connectivity index is 1.48. The van der Waals surface area contributed by atoms with E-state index in [1.165, 1.54) is 38.5 Å². The van der Waals surface area contributed by atoms with E-state index in [0.29, 0.717) is 0 Å². The van der Waals surface area contributed by atoms with Crippen molar-refractivity contribution >= 4 is 5.97 Å². The van der Waals surface area contributed by atoms with E-state index in [1.807, 2.05) is 0 Å². The molecule has 6 rings (SSSR count). The lowest BCUT2D eigenvalue weighted by Gasteiger charge is -2.50. The first-order valence-electron chi connectivity index (χ1n) is 8.43. The maximum absolute atomic E-state index is 12.8. The fraction of sp³-hybridized carbons (Fsp3) is 0.941. The predicted molar refractivity (Wildman–Crippen MR) is 73.6 cm³/mol. The minimum Gasteiger partial charge on any atom is -0.459 e. The molecule has 4 bridgehead atoms. The number of rotatable bonds is 2. The van der Waals surface area contributed by atoms with Crippen molar-refractivity contribution in [1.29, 1.82) is 0 Å². The molecule has 0 aromatic heterocycles. The maximum Gasteiger partial charge on any atom is 0.312 e. The standard InChI is InChI=1S/C17H26O2/c18-15(16-7-1-13(2-8-16)3-9-16)19-17-10-4-14(5-11-17)6-12-17/h13-14H,1-12H2. The van der Waals surface area contributed by atoms with Crippen LogP contribution in [0.25, 0.3) is 0 Å². The lowest BCUT2D eigenvalue weighted by atomic mass is 9.60. The quantitative estimate of drug-likeness (QED) is 0.696. The van der Waals surface area contributed by atoms with Gasteiger partial charge in [0.1, 0.15) is 5.60 Å². The molecular formula is C17H26O2. The second kappa shape index (κ2) is 4.23. The van der Waals surface area contributed by atoms with Crippen LogP contribution in [-0.2, 0) is 9.53 Å². The minimum absolute atomic E-state index is 0.0467. The van der Waals surface area contributed by atoms with Gasteiger partial charge in [0.05, 0.1) is 5.41 Å². The smallest absolute Gasteiger partial charge is 0.312 e. The van der Waals surface area contributed by atoms with Gasteiger partial charge in [0, 0.05) is 0 Å². The molecule has 6 saturated carbocycles. The van der Waals surface area contributed by atoms with Gasteiger partial charge >= 0.3 is 5.97 Å². The highest BCUT2D eigenvalue weighted by Crippen LogP contribution is 2.53. The Labute approximate surface area is 116 Å². The van der Waals surface area contributed by atoms with Crippen molar-refractivity contribution in [3.63, 3.8) is 0 Å². The summed E-state index contributed by atoms with van der Waals surface area (Å²) in [5.41, 5.74) is -0.118. The third kappa shape index (κ3) is 1.94. The first-order chi connectivity index (χ1) is 9.20. The Morgan fingerprint density at radius 2 is 1.16 bits per heavy atom. The fourth-order valence-corrected chi connectivity index (χ4v) is 5.22. The molecular weight excluding hydrogens is 236 g/mol. The van der Waals surface area contributed by atoms with E-state index >= 15 is 0 Å². The molecule has 0 N–H and O–H groups in total. The molecule has 2 nitrogen and oxygen atoms in total. The molecule has 6 aliphatic rings. The number of carbonyl (C=O) groups is 1. The summed E-state index contributed by atoms with van der Waals surface area (Å²) in [6.07, 6.45) is 14.4. The largest absolute Gasteiger partial charge is 0.459 e. The average Bonchev–Trinajstić information content (AvgIpc) is 2.50. The summed E-state index contributed by atoms with van der Waals surface area (Å²) in [5, 5.41) is 0. The fourth-order valence-electron chi connectivity index (χ4n) is 5.22. The van der Waals surface area contributed by atoms with E-state index in [9.17, 15) is 4.79 Å². The predicted octanol–water partition coefficient (Wildman–Crippen LogP) is 4.22. The zero-order chi connectivity index (χ0) is 12.9. The molecule has 0 aromatic rings. The summed E-state index contributed by atoms with van der Waals surface area (Å²) >= 11 is 0. The van der Waals surface area contributed by atoms with E-state index in [2.05, 4.69) is 0 Å². The van der Waals surface area contributed by atoms with Gasteiger partial charge in [-0.05, 0) is 88.9 Å². The van der Waals surface area contributed by atoms with Gasteiger partial charge in [0.25, 0.3) is 0 Å². The van der Waals surface area contributed by atoms with E-state index in [-0.39, 0.29) is 17.0 Å². The molecule has 106 valence electrons. The average molecular weight is 262 g/mol. The molecule has 0 unspecified atom stereocenters. The van der Waals surface area contributed by atoms with E-state index < -0.39 is 0 Å². The van der Waals surface area contributed by atoms with Crippen LogP contribution >= 0.6 is 0 Å². The molecule has 0 atom stereocenters. The molecule has 0 heterocycles. The van der Waals surface area contributed by atoms with Gasteiger partial charge in [-0.15, -0.1) is 0 Å². The molecule has 0 radical (unpaired) electrons. The Hall–Kier alpha value is -0.530. The lowest BCUT2D eigenvalue weighted by molar-refractivity contribution is -0.189. The van der Waals surface area contributed by atoms with E-state index in [1.54, 1.807) is 0 Å². The number of hydrogen-bond donors (Lipinski definition) is 0. The summed E-state index contributed by atoms with van der Waals surface area (Å²) in [5.74, 6) is 2.04. The van der Waals surface area contributed by atoms with Crippen LogP contribution in [0.15, 0.2) is 0 Å². The highest BCUT2D eigenvalue weighted by molar-refractivity contribution is 5.77. The highest BCUT2D eigenvalue weighted by Gasteiger charge is 2.51. The molecule has 0 amide bonds.